The van der Waals surface area contributed by atoms with Crippen molar-refractivity contribution in [3.63, 3.8) is 0 Å². The smallest absolute Gasteiger partial charge is 0.261 e. The van der Waals surface area contributed by atoms with Crippen LogP contribution < -0.4 is 10.0 Å². The largest absolute Gasteiger partial charge is 0.326 e. The summed E-state index contributed by atoms with van der Waals surface area (Å²) >= 11 is 11.8. The molecule has 28 heavy (non-hydrogen) atoms. The Balaban J connectivity index is 1.60. The standard InChI is InChI=1S/C19H21Cl2N3O3S/c20-14-11-15(21)13-17(12-14)23-28(26,27)18-5-3-16(4-6-18)22-19(25)7-10-24-8-1-2-9-24/h3-6,11-13,23H,1-2,7-10H2,(H,22,25). The molecule has 2 N–H and O–H groups in total. The first-order valence-electron chi connectivity index (χ1n) is 8.93. The molecule has 2 aromatic rings. The highest BCUT2D eigenvalue weighted by atomic mass is 35.5. The summed E-state index contributed by atoms with van der Waals surface area (Å²) in [6, 6.07) is 10.5. The van der Waals surface area contributed by atoms with Crippen molar-refractivity contribution < 1.29 is 13.2 Å². The molecule has 0 bridgehead atoms. The molecule has 0 spiro atoms. The fraction of sp³-hybridized carbons (Fsp3) is 0.316. The summed E-state index contributed by atoms with van der Waals surface area (Å²) in [5.74, 6) is -0.0887. The lowest BCUT2D eigenvalue weighted by Gasteiger charge is -2.14. The van der Waals surface area contributed by atoms with Crippen molar-refractivity contribution in [3.8, 4) is 0 Å². The first-order chi connectivity index (χ1) is 13.3. The molecule has 3 rings (SSSR count). The summed E-state index contributed by atoms with van der Waals surface area (Å²) in [4.78, 5) is 14.4. The first kappa shape index (κ1) is 20.9. The number of halogens is 2. The number of benzene rings is 2. The van der Waals surface area contributed by atoms with E-state index in [1.54, 1.807) is 12.1 Å². The van der Waals surface area contributed by atoms with E-state index in [9.17, 15) is 13.2 Å². The molecule has 0 atom stereocenters. The Morgan fingerprint density at radius 1 is 0.964 bits per heavy atom. The minimum Gasteiger partial charge on any atom is -0.326 e. The Kier molecular flexibility index (Phi) is 6.82. The second kappa shape index (κ2) is 9.13. The zero-order valence-electron chi connectivity index (χ0n) is 15.1. The third kappa shape index (κ3) is 5.85. The lowest BCUT2D eigenvalue weighted by molar-refractivity contribution is -0.116. The van der Waals surface area contributed by atoms with Crippen LogP contribution in [0.3, 0.4) is 0 Å². The van der Waals surface area contributed by atoms with Crippen LogP contribution in [-0.2, 0) is 14.8 Å². The number of rotatable bonds is 7. The fourth-order valence-electron chi connectivity index (χ4n) is 3.03. The number of anilines is 2. The number of hydrogen-bond donors (Lipinski definition) is 2. The molecule has 0 radical (unpaired) electrons. The van der Waals surface area contributed by atoms with Crippen LogP contribution in [0, 0.1) is 0 Å². The van der Waals surface area contributed by atoms with Gasteiger partial charge in [0.2, 0.25) is 5.91 Å². The van der Waals surface area contributed by atoms with E-state index in [1.165, 1.54) is 43.2 Å². The van der Waals surface area contributed by atoms with E-state index < -0.39 is 10.0 Å². The molecule has 150 valence electrons. The van der Waals surface area contributed by atoms with Gasteiger partial charge in [-0.2, -0.15) is 0 Å². The van der Waals surface area contributed by atoms with Crippen LogP contribution in [0.25, 0.3) is 0 Å². The van der Waals surface area contributed by atoms with Crippen LogP contribution in [0.15, 0.2) is 47.4 Å². The van der Waals surface area contributed by atoms with Gasteiger partial charge >= 0.3 is 0 Å². The first-order valence-corrected chi connectivity index (χ1v) is 11.2. The maximum absolute atomic E-state index is 12.5. The van der Waals surface area contributed by atoms with Crippen molar-refractivity contribution >= 4 is 50.5 Å². The second-order valence-electron chi connectivity index (χ2n) is 6.63. The van der Waals surface area contributed by atoms with Crippen LogP contribution >= 0.6 is 23.2 Å². The molecule has 1 fully saturated rings. The number of hydrogen-bond acceptors (Lipinski definition) is 4. The van der Waals surface area contributed by atoms with E-state index in [2.05, 4.69) is 14.9 Å². The van der Waals surface area contributed by atoms with Crippen molar-refractivity contribution in [2.45, 2.75) is 24.2 Å². The zero-order chi connectivity index (χ0) is 20.1. The highest BCUT2D eigenvalue weighted by Gasteiger charge is 2.16. The Morgan fingerprint density at radius 3 is 2.18 bits per heavy atom. The van der Waals surface area contributed by atoms with E-state index >= 15 is 0 Å². The lowest BCUT2D eigenvalue weighted by atomic mass is 10.3. The molecule has 6 nitrogen and oxygen atoms in total. The summed E-state index contributed by atoms with van der Waals surface area (Å²) in [6.07, 6.45) is 2.79. The molecule has 1 aliphatic rings. The predicted octanol–water partition coefficient (Wildman–Crippen LogP) is 4.22. The molecule has 1 aliphatic heterocycles. The van der Waals surface area contributed by atoms with Crippen LogP contribution in [0.5, 0.6) is 0 Å². The van der Waals surface area contributed by atoms with E-state index in [4.69, 9.17) is 23.2 Å². The Labute approximate surface area is 174 Å². The third-order valence-electron chi connectivity index (χ3n) is 4.42. The second-order valence-corrected chi connectivity index (χ2v) is 9.19. The topological polar surface area (TPSA) is 78.5 Å². The van der Waals surface area contributed by atoms with Crippen molar-refractivity contribution in [3.05, 3.63) is 52.5 Å². The van der Waals surface area contributed by atoms with Crippen LogP contribution in [0.2, 0.25) is 10.0 Å². The van der Waals surface area contributed by atoms with Gasteiger partial charge < -0.3 is 10.2 Å². The molecule has 0 aromatic heterocycles. The molecular formula is C19H21Cl2N3O3S. The molecule has 2 aromatic carbocycles. The molecule has 0 unspecified atom stereocenters. The SMILES string of the molecule is O=C(CCN1CCCC1)Nc1ccc(S(=O)(=O)Nc2cc(Cl)cc(Cl)c2)cc1. The van der Waals surface area contributed by atoms with Crippen LogP contribution in [0.4, 0.5) is 11.4 Å². The maximum Gasteiger partial charge on any atom is 0.261 e. The molecule has 1 saturated heterocycles. The van der Waals surface area contributed by atoms with Gasteiger partial charge in [-0.25, -0.2) is 8.42 Å². The molecule has 1 amide bonds. The van der Waals surface area contributed by atoms with Gasteiger partial charge in [0, 0.05) is 28.7 Å². The van der Waals surface area contributed by atoms with E-state index in [0.717, 1.165) is 19.6 Å². The number of sulfonamides is 1. The number of carbonyl (C=O) groups excluding carboxylic acids is 1. The number of nitrogens with one attached hydrogen (secondary N) is 2. The quantitative estimate of drug-likeness (QED) is 0.673. The normalized spacial score (nSPS) is 14.8. The average molecular weight is 442 g/mol. The summed E-state index contributed by atoms with van der Waals surface area (Å²) in [5, 5.41) is 3.45. The fourth-order valence-corrected chi connectivity index (χ4v) is 4.60. The summed E-state index contributed by atoms with van der Waals surface area (Å²) in [5.41, 5.74) is 0.827. The number of carbonyl (C=O) groups is 1. The van der Waals surface area contributed by atoms with Gasteiger partial charge in [-0.05, 0) is 68.4 Å². The Bertz CT molecular complexity index is 923. The van der Waals surface area contributed by atoms with Gasteiger partial charge in [-0.3, -0.25) is 9.52 Å². The zero-order valence-corrected chi connectivity index (χ0v) is 17.4. The summed E-state index contributed by atoms with van der Waals surface area (Å²) < 4.78 is 27.5. The highest BCUT2D eigenvalue weighted by molar-refractivity contribution is 7.92. The Hall–Kier alpha value is -1.80. The van der Waals surface area contributed by atoms with Gasteiger partial charge in [0.15, 0.2) is 0 Å². The van der Waals surface area contributed by atoms with Crippen molar-refractivity contribution in [2.24, 2.45) is 0 Å². The van der Waals surface area contributed by atoms with Gasteiger partial charge in [0.1, 0.15) is 0 Å². The van der Waals surface area contributed by atoms with Crippen LogP contribution in [-0.4, -0.2) is 38.9 Å². The van der Waals surface area contributed by atoms with Crippen molar-refractivity contribution in [1.82, 2.24) is 4.90 Å². The molecule has 1 heterocycles. The predicted molar refractivity (Wildman–Crippen MR) is 113 cm³/mol. The van der Waals surface area contributed by atoms with Gasteiger partial charge in [0.25, 0.3) is 10.0 Å². The molecule has 9 heteroatoms. The molecular weight excluding hydrogens is 421 g/mol. The minimum absolute atomic E-state index is 0.0682. The minimum atomic E-state index is -3.80. The molecule has 0 saturated carbocycles. The van der Waals surface area contributed by atoms with Gasteiger partial charge in [-0.15, -0.1) is 0 Å². The maximum atomic E-state index is 12.5. The van der Waals surface area contributed by atoms with Crippen LogP contribution in [0.1, 0.15) is 19.3 Å². The van der Waals surface area contributed by atoms with E-state index in [0.29, 0.717) is 22.2 Å². The number of likely N-dealkylation sites (tertiary alicyclic amines) is 1. The van der Waals surface area contributed by atoms with Crippen molar-refractivity contribution in [2.75, 3.05) is 29.7 Å². The number of amides is 1. The van der Waals surface area contributed by atoms with Gasteiger partial charge in [0.05, 0.1) is 10.6 Å². The number of nitrogens with zero attached hydrogens (tertiary/aromatic N) is 1. The summed E-state index contributed by atoms with van der Waals surface area (Å²) in [6.45, 7) is 2.83. The third-order valence-corrected chi connectivity index (χ3v) is 6.25. The van der Waals surface area contributed by atoms with Gasteiger partial charge in [-0.1, -0.05) is 23.2 Å². The molecule has 0 aliphatic carbocycles. The lowest BCUT2D eigenvalue weighted by Crippen LogP contribution is -2.25. The van der Waals surface area contributed by atoms with Crippen molar-refractivity contribution in [1.29, 1.82) is 0 Å². The average Bonchev–Trinajstić information content (AvgIpc) is 3.13. The highest BCUT2D eigenvalue weighted by Crippen LogP contribution is 2.25. The monoisotopic (exact) mass is 441 g/mol. The van der Waals surface area contributed by atoms with E-state index in [-0.39, 0.29) is 16.5 Å². The van der Waals surface area contributed by atoms with E-state index in [1.807, 2.05) is 0 Å². The summed E-state index contributed by atoms with van der Waals surface area (Å²) in [7, 11) is -3.80. The Morgan fingerprint density at radius 2 is 1.57 bits per heavy atom.